The van der Waals surface area contributed by atoms with Crippen molar-refractivity contribution in [1.82, 2.24) is 20.2 Å². The number of nitrogens with two attached hydrogens (primary N) is 1. The number of anilines is 1. The number of hydrogen-bond acceptors (Lipinski definition) is 5. The fourth-order valence-electron chi connectivity index (χ4n) is 1.97. The normalized spacial score (nSPS) is 10.6. The van der Waals surface area contributed by atoms with E-state index in [1.54, 1.807) is 30.0 Å². The smallest absolute Gasteiger partial charge is 0.188 e. The lowest BCUT2D eigenvalue weighted by Crippen LogP contribution is -2.00. The van der Waals surface area contributed by atoms with Gasteiger partial charge in [-0.15, -0.1) is 5.10 Å². The molecule has 0 fully saturated rings. The third-order valence-electron chi connectivity index (χ3n) is 3.02. The Labute approximate surface area is 126 Å². The Kier molecular flexibility index (Phi) is 3.45. The number of hydrogen-bond donors (Lipinski definition) is 1. The summed E-state index contributed by atoms with van der Waals surface area (Å²) in [6, 6.07) is 12.6. The number of aromatic nitrogens is 4. The van der Waals surface area contributed by atoms with Crippen LogP contribution in [0, 0.1) is 0 Å². The number of tetrazole rings is 1. The lowest BCUT2D eigenvalue weighted by atomic mass is 10.2. The first-order valence-electron chi connectivity index (χ1n) is 6.17. The van der Waals surface area contributed by atoms with Crippen molar-refractivity contribution in [3.63, 3.8) is 0 Å². The number of rotatable bonds is 3. The average molecular weight is 302 g/mol. The Morgan fingerprint density at radius 2 is 1.90 bits per heavy atom. The van der Waals surface area contributed by atoms with Crippen LogP contribution < -0.4 is 10.5 Å². The molecule has 0 bridgehead atoms. The van der Waals surface area contributed by atoms with Crippen molar-refractivity contribution in [1.29, 1.82) is 0 Å². The topological polar surface area (TPSA) is 78.8 Å². The Hall–Kier alpha value is -2.60. The van der Waals surface area contributed by atoms with Crippen molar-refractivity contribution in [3.8, 4) is 22.8 Å². The molecule has 0 amide bonds. The molecule has 0 aliphatic heterocycles. The highest BCUT2D eigenvalue weighted by Crippen LogP contribution is 2.29. The standard InChI is InChI=1S/C14H12ClN5O/c1-21-11-5-3-10(4-6-11)20-14(17-18-19-20)12-8-9(16)2-7-13(12)15/h2-8H,16H2,1H3. The highest BCUT2D eigenvalue weighted by molar-refractivity contribution is 6.33. The van der Waals surface area contributed by atoms with Crippen LogP contribution in [-0.4, -0.2) is 27.3 Å². The second kappa shape index (κ2) is 5.41. The molecule has 0 spiro atoms. The summed E-state index contributed by atoms with van der Waals surface area (Å²) < 4.78 is 6.74. The fraction of sp³-hybridized carbons (Fsp3) is 0.0714. The zero-order chi connectivity index (χ0) is 14.8. The van der Waals surface area contributed by atoms with Crippen LogP contribution in [0.1, 0.15) is 0 Å². The van der Waals surface area contributed by atoms with Crippen molar-refractivity contribution in [2.24, 2.45) is 0 Å². The molecule has 21 heavy (non-hydrogen) atoms. The lowest BCUT2D eigenvalue weighted by Gasteiger charge is -2.07. The summed E-state index contributed by atoms with van der Waals surface area (Å²) in [5.41, 5.74) is 7.88. The maximum absolute atomic E-state index is 6.21. The average Bonchev–Trinajstić information content (AvgIpc) is 2.99. The first-order valence-corrected chi connectivity index (χ1v) is 6.55. The molecule has 0 saturated carbocycles. The molecular formula is C14H12ClN5O. The monoisotopic (exact) mass is 301 g/mol. The summed E-state index contributed by atoms with van der Waals surface area (Å²) in [5.74, 6) is 1.29. The van der Waals surface area contributed by atoms with Gasteiger partial charge in [0.25, 0.3) is 0 Å². The van der Waals surface area contributed by atoms with E-state index in [0.29, 0.717) is 22.1 Å². The fourth-order valence-corrected chi connectivity index (χ4v) is 2.17. The Balaban J connectivity index is 2.10. The van der Waals surface area contributed by atoms with Gasteiger partial charge < -0.3 is 10.5 Å². The molecule has 7 heteroatoms. The summed E-state index contributed by atoms with van der Waals surface area (Å²) in [6.07, 6.45) is 0. The SMILES string of the molecule is COc1ccc(-n2nnnc2-c2cc(N)ccc2Cl)cc1. The van der Waals surface area contributed by atoms with E-state index < -0.39 is 0 Å². The number of nitrogen functional groups attached to an aromatic ring is 1. The van der Waals surface area contributed by atoms with Gasteiger partial charge in [0.2, 0.25) is 0 Å². The van der Waals surface area contributed by atoms with Crippen LogP contribution >= 0.6 is 11.6 Å². The van der Waals surface area contributed by atoms with E-state index in [-0.39, 0.29) is 0 Å². The number of benzene rings is 2. The van der Waals surface area contributed by atoms with Gasteiger partial charge in [-0.25, -0.2) is 0 Å². The number of halogens is 1. The number of methoxy groups -OCH3 is 1. The van der Waals surface area contributed by atoms with E-state index in [9.17, 15) is 0 Å². The molecule has 3 aromatic rings. The molecule has 1 heterocycles. The van der Waals surface area contributed by atoms with Crippen LogP contribution in [0.25, 0.3) is 17.1 Å². The van der Waals surface area contributed by atoms with Crippen molar-refractivity contribution in [2.75, 3.05) is 12.8 Å². The van der Waals surface area contributed by atoms with Crippen LogP contribution in [0.15, 0.2) is 42.5 Å². The third-order valence-corrected chi connectivity index (χ3v) is 3.35. The second-order valence-electron chi connectivity index (χ2n) is 4.35. The third kappa shape index (κ3) is 2.53. The number of nitrogens with zero attached hydrogens (tertiary/aromatic N) is 4. The van der Waals surface area contributed by atoms with E-state index in [0.717, 1.165) is 11.4 Å². The highest BCUT2D eigenvalue weighted by atomic mass is 35.5. The predicted octanol–water partition coefficient (Wildman–Crippen LogP) is 2.57. The zero-order valence-electron chi connectivity index (χ0n) is 11.2. The van der Waals surface area contributed by atoms with Gasteiger partial charge in [0.15, 0.2) is 5.82 Å². The lowest BCUT2D eigenvalue weighted by molar-refractivity contribution is 0.414. The first kappa shape index (κ1) is 13.4. The van der Waals surface area contributed by atoms with Gasteiger partial charge in [0.1, 0.15) is 5.75 Å². The van der Waals surface area contributed by atoms with Gasteiger partial charge in [-0.2, -0.15) is 4.68 Å². The molecule has 3 rings (SSSR count). The van der Waals surface area contributed by atoms with Crippen LogP contribution in [0.5, 0.6) is 5.75 Å². The van der Waals surface area contributed by atoms with E-state index in [2.05, 4.69) is 15.5 Å². The van der Waals surface area contributed by atoms with Gasteiger partial charge in [-0.3, -0.25) is 0 Å². The molecule has 0 saturated heterocycles. The van der Waals surface area contributed by atoms with Crippen molar-refractivity contribution in [2.45, 2.75) is 0 Å². The molecule has 0 aliphatic rings. The summed E-state index contributed by atoms with van der Waals surface area (Å²) in [5, 5.41) is 12.3. The minimum absolute atomic E-state index is 0.525. The van der Waals surface area contributed by atoms with Crippen molar-refractivity contribution < 1.29 is 4.74 Å². The van der Waals surface area contributed by atoms with Gasteiger partial charge in [-0.05, 0) is 52.9 Å². The van der Waals surface area contributed by atoms with Crippen LogP contribution in [0.4, 0.5) is 5.69 Å². The molecule has 1 aromatic heterocycles. The molecule has 0 radical (unpaired) electrons. The van der Waals surface area contributed by atoms with E-state index in [1.807, 2.05) is 24.3 Å². The van der Waals surface area contributed by atoms with Gasteiger partial charge >= 0.3 is 0 Å². The van der Waals surface area contributed by atoms with Gasteiger partial charge in [-0.1, -0.05) is 11.6 Å². The minimum Gasteiger partial charge on any atom is -0.497 e. The Morgan fingerprint density at radius 3 is 2.62 bits per heavy atom. The van der Waals surface area contributed by atoms with Crippen LogP contribution in [0.3, 0.4) is 0 Å². The van der Waals surface area contributed by atoms with E-state index in [4.69, 9.17) is 22.1 Å². The largest absolute Gasteiger partial charge is 0.497 e. The maximum Gasteiger partial charge on any atom is 0.188 e. The van der Waals surface area contributed by atoms with Crippen molar-refractivity contribution in [3.05, 3.63) is 47.5 Å². The summed E-state index contributed by atoms with van der Waals surface area (Å²) >= 11 is 6.21. The molecule has 6 nitrogen and oxygen atoms in total. The molecule has 2 aromatic carbocycles. The summed E-state index contributed by atoms with van der Waals surface area (Å²) in [4.78, 5) is 0. The molecular weight excluding hydrogens is 290 g/mol. The molecule has 2 N–H and O–H groups in total. The minimum atomic E-state index is 0.525. The summed E-state index contributed by atoms with van der Waals surface area (Å²) in [6.45, 7) is 0. The van der Waals surface area contributed by atoms with Crippen LogP contribution in [0.2, 0.25) is 5.02 Å². The maximum atomic E-state index is 6.21. The van der Waals surface area contributed by atoms with E-state index in [1.165, 1.54) is 0 Å². The molecule has 0 unspecified atom stereocenters. The highest BCUT2D eigenvalue weighted by Gasteiger charge is 2.14. The second-order valence-corrected chi connectivity index (χ2v) is 4.76. The summed E-state index contributed by atoms with van der Waals surface area (Å²) in [7, 11) is 1.62. The Bertz CT molecular complexity index is 769. The zero-order valence-corrected chi connectivity index (χ0v) is 11.9. The van der Waals surface area contributed by atoms with Gasteiger partial charge in [0.05, 0.1) is 17.8 Å². The predicted molar refractivity (Wildman–Crippen MR) is 80.6 cm³/mol. The first-order chi connectivity index (χ1) is 10.2. The molecule has 0 aliphatic carbocycles. The van der Waals surface area contributed by atoms with Crippen LogP contribution in [-0.2, 0) is 0 Å². The van der Waals surface area contributed by atoms with Gasteiger partial charge in [0, 0.05) is 11.3 Å². The quantitative estimate of drug-likeness (QED) is 0.752. The molecule has 0 atom stereocenters. The van der Waals surface area contributed by atoms with Crippen molar-refractivity contribution >= 4 is 17.3 Å². The molecule has 106 valence electrons. The van der Waals surface area contributed by atoms with E-state index >= 15 is 0 Å². The Morgan fingerprint density at radius 1 is 1.14 bits per heavy atom. The number of ether oxygens (including phenoxy) is 1.